The first kappa shape index (κ1) is 13.8. The largest absolute Gasteiger partial charge is 0.399 e. The third kappa shape index (κ3) is 2.80. The van der Waals surface area contributed by atoms with Crippen molar-refractivity contribution >= 4 is 17.1 Å². The summed E-state index contributed by atoms with van der Waals surface area (Å²) in [5.41, 5.74) is 9.40. The van der Waals surface area contributed by atoms with Gasteiger partial charge in [0.2, 0.25) is 0 Å². The second-order valence-electron chi connectivity index (χ2n) is 4.97. The van der Waals surface area contributed by atoms with Crippen molar-refractivity contribution in [2.45, 2.75) is 6.92 Å². The van der Waals surface area contributed by atoms with Gasteiger partial charge in [0.25, 0.3) is 5.56 Å². The summed E-state index contributed by atoms with van der Waals surface area (Å²) >= 11 is 0. The number of rotatable bonds is 3. The zero-order valence-corrected chi connectivity index (χ0v) is 12.0. The Hall–Kier alpha value is -3.15. The summed E-state index contributed by atoms with van der Waals surface area (Å²) < 4.78 is 0. The molecule has 22 heavy (non-hydrogen) atoms. The SMILES string of the molecule is Cc1cccc(N=Nc2c(-c3cccc(N)c3)[nH][nH]c2=O)c1. The minimum Gasteiger partial charge on any atom is -0.399 e. The lowest BCUT2D eigenvalue weighted by atomic mass is 10.1. The fraction of sp³-hybridized carbons (Fsp3) is 0.0625. The van der Waals surface area contributed by atoms with Gasteiger partial charge in [-0.15, -0.1) is 5.11 Å². The molecule has 0 bridgehead atoms. The van der Waals surface area contributed by atoms with Crippen LogP contribution in [0.1, 0.15) is 5.56 Å². The highest BCUT2D eigenvalue weighted by Crippen LogP contribution is 2.27. The molecule has 3 aromatic rings. The van der Waals surface area contributed by atoms with Gasteiger partial charge in [-0.05, 0) is 36.8 Å². The smallest absolute Gasteiger partial charge is 0.292 e. The first-order valence-corrected chi connectivity index (χ1v) is 6.78. The summed E-state index contributed by atoms with van der Waals surface area (Å²) in [6.07, 6.45) is 0. The number of aromatic nitrogens is 2. The number of aryl methyl sites for hydroxylation is 1. The van der Waals surface area contributed by atoms with Gasteiger partial charge in [-0.3, -0.25) is 15.0 Å². The predicted molar refractivity (Wildman–Crippen MR) is 86.6 cm³/mol. The lowest BCUT2D eigenvalue weighted by Gasteiger charge is -2.00. The average Bonchev–Trinajstić information content (AvgIpc) is 2.86. The summed E-state index contributed by atoms with van der Waals surface area (Å²) in [7, 11) is 0. The Morgan fingerprint density at radius 2 is 1.82 bits per heavy atom. The number of nitrogen functional groups attached to an aromatic ring is 1. The topological polar surface area (TPSA) is 99.4 Å². The molecule has 0 unspecified atom stereocenters. The summed E-state index contributed by atoms with van der Waals surface area (Å²) in [5.74, 6) is 0. The van der Waals surface area contributed by atoms with Crippen LogP contribution in [0.25, 0.3) is 11.3 Å². The van der Waals surface area contributed by atoms with Crippen LogP contribution in [0.2, 0.25) is 0 Å². The number of anilines is 1. The fourth-order valence-electron chi connectivity index (χ4n) is 2.15. The maximum absolute atomic E-state index is 11.9. The van der Waals surface area contributed by atoms with E-state index in [0.29, 0.717) is 17.1 Å². The maximum atomic E-state index is 11.9. The number of aromatic amines is 2. The van der Waals surface area contributed by atoms with Crippen molar-refractivity contribution in [2.75, 3.05) is 5.73 Å². The van der Waals surface area contributed by atoms with Gasteiger partial charge in [0.1, 0.15) is 0 Å². The molecule has 0 saturated carbocycles. The van der Waals surface area contributed by atoms with Crippen LogP contribution in [-0.4, -0.2) is 10.2 Å². The molecule has 0 aliphatic rings. The van der Waals surface area contributed by atoms with E-state index in [1.807, 2.05) is 43.3 Å². The number of hydrogen-bond acceptors (Lipinski definition) is 4. The van der Waals surface area contributed by atoms with E-state index in [2.05, 4.69) is 20.4 Å². The lowest BCUT2D eigenvalue weighted by Crippen LogP contribution is -1.96. The van der Waals surface area contributed by atoms with Crippen LogP contribution in [0.5, 0.6) is 0 Å². The third-order valence-electron chi connectivity index (χ3n) is 3.20. The van der Waals surface area contributed by atoms with Gasteiger partial charge in [0.05, 0.1) is 11.4 Å². The van der Waals surface area contributed by atoms with Gasteiger partial charge in [0, 0.05) is 11.3 Å². The number of benzene rings is 2. The van der Waals surface area contributed by atoms with Crippen molar-refractivity contribution in [1.29, 1.82) is 0 Å². The summed E-state index contributed by atoms with van der Waals surface area (Å²) in [5, 5.41) is 13.6. The summed E-state index contributed by atoms with van der Waals surface area (Å²) in [6.45, 7) is 1.97. The monoisotopic (exact) mass is 293 g/mol. The zero-order valence-electron chi connectivity index (χ0n) is 12.0. The van der Waals surface area contributed by atoms with Crippen molar-refractivity contribution in [3.05, 3.63) is 64.4 Å². The molecule has 6 heteroatoms. The molecule has 0 spiro atoms. The highest BCUT2D eigenvalue weighted by molar-refractivity contribution is 5.73. The molecule has 0 radical (unpaired) electrons. The van der Waals surface area contributed by atoms with Crippen molar-refractivity contribution in [1.82, 2.24) is 10.2 Å². The Balaban J connectivity index is 2.01. The Kier molecular flexibility index (Phi) is 3.57. The molecule has 0 saturated heterocycles. The Morgan fingerprint density at radius 3 is 2.59 bits per heavy atom. The average molecular weight is 293 g/mol. The van der Waals surface area contributed by atoms with Crippen molar-refractivity contribution in [3.8, 4) is 11.3 Å². The van der Waals surface area contributed by atoms with Crippen LogP contribution in [0.15, 0.2) is 63.6 Å². The normalized spacial score (nSPS) is 11.1. The zero-order chi connectivity index (χ0) is 15.5. The van der Waals surface area contributed by atoms with Crippen molar-refractivity contribution in [3.63, 3.8) is 0 Å². The van der Waals surface area contributed by atoms with Gasteiger partial charge < -0.3 is 5.73 Å². The van der Waals surface area contributed by atoms with E-state index < -0.39 is 0 Å². The molecule has 6 nitrogen and oxygen atoms in total. The molecule has 0 aliphatic carbocycles. The Morgan fingerprint density at radius 1 is 1.00 bits per heavy atom. The summed E-state index contributed by atoms with van der Waals surface area (Å²) in [4.78, 5) is 11.9. The minimum atomic E-state index is -0.325. The fourth-order valence-corrected chi connectivity index (χ4v) is 2.15. The van der Waals surface area contributed by atoms with Gasteiger partial charge in [-0.25, -0.2) is 0 Å². The van der Waals surface area contributed by atoms with E-state index in [9.17, 15) is 4.79 Å². The summed E-state index contributed by atoms with van der Waals surface area (Å²) in [6, 6.07) is 14.8. The van der Waals surface area contributed by atoms with E-state index in [4.69, 9.17) is 5.73 Å². The maximum Gasteiger partial charge on any atom is 0.292 e. The van der Waals surface area contributed by atoms with Gasteiger partial charge in [-0.2, -0.15) is 5.11 Å². The van der Waals surface area contributed by atoms with Crippen molar-refractivity contribution < 1.29 is 0 Å². The number of hydrogen-bond donors (Lipinski definition) is 3. The second kappa shape index (κ2) is 5.69. The molecule has 4 N–H and O–H groups in total. The van der Waals surface area contributed by atoms with Gasteiger partial charge in [0.15, 0.2) is 5.69 Å². The van der Waals surface area contributed by atoms with E-state index in [1.165, 1.54) is 0 Å². The van der Waals surface area contributed by atoms with E-state index >= 15 is 0 Å². The second-order valence-corrected chi connectivity index (χ2v) is 4.97. The molecule has 0 aliphatic heterocycles. The van der Waals surface area contributed by atoms with Crippen LogP contribution >= 0.6 is 0 Å². The molecule has 0 atom stereocenters. The highest BCUT2D eigenvalue weighted by Gasteiger charge is 2.11. The van der Waals surface area contributed by atoms with Crippen LogP contribution < -0.4 is 11.3 Å². The van der Waals surface area contributed by atoms with E-state index in [1.54, 1.807) is 12.1 Å². The van der Waals surface area contributed by atoms with Crippen LogP contribution in [0, 0.1) is 6.92 Å². The predicted octanol–water partition coefficient (Wildman–Crippen LogP) is 3.68. The first-order chi connectivity index (χ1) is 10.6. The quantitative estimate of drug-likeness (QED) is 0.507. The number of H-pyrrole nitrogens is 2. The van der Waals surface area contributed by atoms with Crippen LogP contribution in [-0.2, 0) is 0 Å². The standard InChI is InChI=1S/C16H15N5O/c1-10-4-2-7-13(8-10)18-20-15-14(19-21-16(15)22)11-5-3-6-12(17)9-11/h2-9H,17H2,1H3,(H2,19,21,22). The Bertz CT molecular complexity index is 891. The number of nitrogens with one attached hydrogen (secondary N) is 2. The highest BCUT2D eigenvalue weighted by atomic mass is 16.1. The third-order valence-corrected chi connectivity index (χ3v) is 3.20. The van der Waals surface area contributed by atoms with Gasteiger partial charge >= 0.3 is 0 Å². The molecule has 0 amide bonds. The minimum absolute atomic E-state index is 0.229. The first-order valence-electron chi connectivity index (χ1n) is 6.78. The van der Waals surface area contributed by atoms with E-state index in [0.717, 1.165) is 11.1 Å². The molecular formula is C16H15N5O. The van der Waals surface area contributed by atoms with Crippen molar-refractivity contribution in [2.24, 2.45) is 10.2 Å². The van der Waals surface area contributed by atoms with E-state index in [-0.39, 0.29) is 11.2 Å². The molecule has 1 aromatic heterocycles. The van der Waals surface area contributed by atoms with Crippen LogP contribution in [0.3, 0.4) is 0 Å². The molecule has 2 aromatic carbocycles. The number of nitrogens with two attached hydrogens (primary N) is 1. The van der Waals surface area contributed by atoms with Gasteiger partial charge in [-0.1, -0.05) is 24.3 Å². The molecule has 3 rings (SSSR count). The number of azo groups is 1. The number of nitrogens with zero attached hydrogens (tertiary/aromatic N) is 2. The van der Waals surface area contributed by atoms with Crippen LogP contribution in [0.4, 0.5) is 17.1 Å². The Labute approximate surface area is 126 Å². The molecule has 1 heterocycles. The lowest BCUT2D eigenvalue weighted by molar-refractivity contribution is 1.06. The molecule has 0 fully saturated rings. The molecule has 110 valence electrons. The molecular weight excluding hydrogens is 278 g/mol.